The molecule has 1 atom stereocenters. The molecule has 5 nitrogen and oxygen atoms in total. The number of nitrogens with zero attached hydrogens (tertiary/aromatic N) is 1. The van der Waals surface area contributed by atoms with Crippen LogP contribution in [0.15, 0.2) is 47.1 Å². The summed E-state index contributed by atoms with van der Waals surface area (Å²) >= 11 is 0. The highest BCUT2D eigenvalue weighted by molar-refractivity contribution is 6.06. The van der Waals surface area contributed by atoms with Crippen LogP contribution >= 0.6 is 0 Å². The molecule has 2 heterocycles. The maximum Gasteiger partial charge on any atom is 0.252 e. The molecule has 0 saturated heterocycles. The van der Waals surface area contributed by atoms with Gasteiger partial charge in [-0.25, -0.2) is 4.39 Å². The van der Waals surface area contributed by atoms with Gasteiger partial charge in [0.25, 0.3) is 5.91 Å². The minimum Gasteiger partial charge on any atom is -0.467 e. The van der Waals surface area contributed by atoms with Crippen LogP contribution in [0, 0.1) is 5.82 Å². The van der Waals surface area contributed by atoms with Crippen LogP contribution in [0.4, 0.5) is 4.39 Å². The zero-order valence-corrected chi connectivity index (χ0v) is 13.4. The smallest absolute Gasteiger partial charge is 0.252 e. The van der Waals surface area contributed by atoms with E-state index in [0.29, 0.717) is 28.1 Å². The van der Waals surface area contributed by atoms with Crippen molar-refractivity contribution < 1.29 is 18.7 Å². The molecule has 0 aliphatic heterocycles. The summed E-state index contributed by atoms with van der Waals surface area (Å²) in [7, 11) is 0. The van der Waals surface area contributed by atoms with Crippen LogP contribution in [-0.2, 0) is 0 Å². The van der Waals surface area contributed by atoms with Crippen molar-refractivity contribution in [2.45, 2.75) is 24.9 Å². The highest BCUT2D eigenvalue weighted by atomic mass is 19.1. The molecule has 1 unspecified atom stereocenters. The van der Waals surface area contributed by atoms with E-state index in [-0.39, 0.29) is 12.5 Å². The summed E-state index contributed by atoms with van der Waals surface area (Å²) in [6.07, 6.45) is 2.63. The van der Waals surface area contributed by atoms with E-state index >= 15 is 0 Å². The molecule has 1 amide bonds. The van der Waals surface area contributed by atoms with E-state index in [1.807, 2.05) is 0 Å². The number of halogens is 1. The SMILES string of the molecule is O=C(NCC(O)c1ccco1)c1cc(C2CC2)nc2ccc(F)cc12. The van der Waals surface area contributed by atoms with Crippen LogP contribution in [0.5, 0.6) is 0 Å². The zero-order valence-electron chi connectivity index (χ0n) is 13.4. The lowest BCUT2D eigenvalue weighted by Crippen LogP contribution is -2.28. The van der Waals surface area contributed by atoms with Gasteiger partial charge < -0.3 is 14.8 Å². The number of aliphatic hydroxyl groups excluding tert-OH is 1. The Morgan fingerprint density at radius 3 is 2.92 bits per heavy atom. The highest BCUT2D eigenvalue weighted by Crippen LogP contribution is 2.40. The molecule has 2 N–H and O–H groups in total. The summed E-state index contributed by atoms with van der Waals surface area (Å²) in [5.41, 5.74) is 1.83. The fourth-order valence-electron chi connectivity index (χ4n) is 2.86. The Labute approximate surface area is 143 Å². The van der Waals surface area contributed by atoms with Crippen molar-refractivity contribution in [3.05, 3.63) is 65.5 Å². The fourth-order valence-corrected chi connectivity index (χ4v) is 2.86. The average molecular weight is 340 g/mol. The van der Waals surface area contributed by atoms with E-state index in [1.165, 1.54) is 18.4 Å². The Morgan fingerprint density at radius 2 is 2.20 bits per heavy atom. The Hall–Kier alpha value is -2.73. The van der Waals surface area contributed by atoms with Crippen molar-refractivity contribution in [3.63, 3.8) is 0 Å². The summed E-state index contributed by atoms with van der Waals surface area (Å²) < 4.78 is 18.8. The van der Waals surface area contributed by atoms with Crippen molar-refractivity contribution >= 4 is 16.8 Å². The van der Waals surface area contributed by atoms with E-state index in [9.17, 15) is 14.3 Å². The molecule has 6 heteroatoms. The molecule has 1 aliphatic rings. The molecule has 1 saturated carbocycles. The second-order valence-electron chi connectivity index (χ2n) is 6.27. The number of benzene rings is 1. The predicted molar refractivity (Wildman–Crippen MR) is 89.7 cm³/mol. The van der Waals surface area contributed by atoms with Crippen LogP contribution in [0.25, 0.3) is 10.9 Å². The quantitative estimate of drug-likeness (QED) is 0.747. The number of nitrogens with one attached hydrogen (secondary N) is 1. The van der Waals surface area contributed by atoms with E-state index in [2.05, 4.69) is 10.3 Å². The van der Waals surface area contributed by atoms with Gasteiger partial charge in [0.05, 0.1) is 23.9 Å². The monoisotopic (exact) mass is 340 g/mol. The molecule has 0 spiro atoms. The number of furan rings is 1. The van der Waals surface area contributed by atoms with Gasteiger partial charge in [0, 0.05) is 17.0 Å². The van der Waals surface area contributed by atoms with Crippen LogP contribution in [0.3, 0.4) is 0 Å². The number of amides is 1. The highest BCUT2D eigenvalue weighted by Gasteiger charge is 2.27. The largest absolute Gasteiger partial charge is 0.467 e. The van der Waals surface area contributed by atoms with Gasteiger partial charge in [-0.2, -0.15) is 0 Å². The maximum atomic E-state index is 13.6. The Kier molecular flexibility index (Phi) is 3.97. The van der Waals surface area contributed by atoms with Gasteiger partial charge in [-0.3, -0.25) is 9.78 Å². The predicted octanol–water partition coefficient (Wildman–Crippen LogP) is 3.31. The van der Waals surface area contributed by atoms with E-state index in [0.717, 1.165) is 18.5 Å². The third kappa shape index (κ3) is 3.25. The van der Waals surface area contributed by atoms with Gasteiger partial charge in [0.1, 0.15) is 17.7 Å². The minimum atomic E-state index is -0.938. The first-order valence-corrected chi connectivity index (χ1v) is 8.21. The third-order valence-corrected chi connectivity index (χ3v) is 4.36. The van der Waals surface area contributed by atoms with Crippen LogP contribution in [0.1, 0.15) is 46.7 Å². The van der Waals surface area contributed by atoms with Crippen molar-refractivity contribution in [2.75, 3.05) is 6.54 Å². The molecule has 25 heavy (non-hydrogen) atoms. The first-order valence-electron chi connectivity index (χ1n) is 8.21. The van der Waals surface area contributed by atoms with Crippen LogP contribution in [0.2, 0.25) is 0 Å². The number of carbonyl (C=O) groups excluding carboxylic acids is 1. The number of aliphatic hydroxyl groups is 1. The number of hydrogen-bond donors (Lipinski definition) is 2. The van der Waals surface area contributed by atoms with Gasteiger partial charge in [-0.1, -0.05) is 0 Å². The molecule has 0 radical (unpaired) electrons. The molecule has 0 bridgehead atoms. The zero-order chi connectivity index (χ0) is 17.4. The molecule has 3 aromatic rings. The number of fused-ring (bicyclic) bond motifs is 1. The molecular formula is C19H17FN2O3. The van der Waals surface area contributed by atoms with Gasteiger partial charge in [0.2, 0.25) is 0 Å². The Morgan fingerprint density at radius 1 is 1.36 bits per heavy atom. The normalized spacial score (nSPS) is 15.3. The lowest BCUT2D eigenvalue weighted by Gasteiger charge is -2.12. The molecule has 128 valence electrons. The average Bonchev–Trinajstić information content (AvgIpc) is 3.32. The molecule has 1 aromatic carbocycles. The lowest BCUT2D eigenvalue weighted by molar-refractivity contribution is 0.0902. The summed E-state index contributed by atoms with van der Waals surface area (Å²) in [6.45, 7) is 0.00421. The van der Waals surface area contributed by atoms with Gasteiger partial charge in [-0.05, 0) is 49.2 Å². The minimum absolute atomic E-state index is 0.00421. The summed E-state index contributed by atoms with van der Waals surface area (Å²) in [6, 6.07) is 9.28. The number of pyridine rings is 1. The molecule has 1 fully saturated rings. The molecule has 2 aromatic heterocycles. The summed E-state index contributed by atoms with van der Waals surface area (Å²) in [4.78, 5) is 17.2. The summed E-state index contributed by atoms with van der Waals surface area (Å²) in [5.74, 6) is -0.0389. The Balaban J connectivity index is 1.62. The van der Waals surface area contributed by atoms with Crippen molar-refractivity contribution in [3.8, 4) is 0 Å². The standard InChI is InChI=1S/C19H17FN2O3/c20-12-5-6-15-13(8-12)14(9-16(22-15)11-3-4-11)19(24)21-10-17(23)18-2-1-7-25-18/h1-2,5-9,11,17,23H,3-4,10H2,(H,21,24). The first-order chi connectivity index (χ1) is 12.1. The maximum absolute atomic E-state index is 13.6. The van der Waals surface area contributed by atoms with E-state index < -0.39 is 11.9 Å². The first kappa shape index (κ1) is 15.8. The fraction of sp³-hybridized carbons (Fsp3) is 0.263. The van der Waals surface area contributed by atoms with Crippen molar-refractivity contribution in [1.29, 1.82) is 0 Å². The second kappa shape index (κ2) is 6.29. The second-order valence-corrected chi connectivity index (χ2v) is 6.27. The van der Waals surface area contributed by atoms with E-state index in [4.69, 9.17) is 4.42 Å². The lowest BCUT2D eigenvalue weighted by atomic mass is 10.0. The number of carbonyl (C=O) groups is 1. The summed E-state index contributed by atoms with van der Waals surface area (Å²) in [5, 5.41) is 13.2. The molecular weight excluding hydrogens is 323 g/mol. The van der Waals surface area contributed by atoms with Crippen molar-refractivity contribution in [2.24, 2.45) is 0 Å². The topological polar surface area (TPSA) is 75.4 Å². The molecule has 1 aliphatic carbocycles. The van der Waals surface area contributed by atoms with E-state index in [1.54, 1.807) is 24.3 Å². The Bertz CT molecular complexity index is 920. The van der Waals surface area contributed by atoms with Gasteiger partial charge in [0.15, 0.2) is 0 Å². The van der Waals surface area contributed by atoms with Gasteiger partial charge >= 0.3 is 0 Å². The third-order valence-electron chi connectivity index (χ3n) is 4.36. The van der Waals surface area contributed by atoms with Crippen molar-refractivity contribution in [1.82, 2.24) is 10.3 Å². The van der Waals surface area contributed by atoms with Crippen LogP contribution in [-0.4, -0.2) is 22.5 Å². The van der Waals surface area contributed by atoms with Crippen LogP contribution < -0.4 is 5.32 Å². The van der Waals surface area contributed by atoms with Gasteiger partial charge in [-0.15, -0.1) is 0 Å². The number of hydrogen-bond acceptors (Lipinski definition) is 4. The number of rotatable bonds is 5. The number of aromatic nitrogens is 1. The molecule has 4 rings (SSSR count).